The molecule has 2 N–H and O–H groups in total. The summed E-state index contributed by atoms with van der Waals surface area (Å²) in [5.41, 5.74) is 0.0558. The number of rotatable bonds is 4. The van der Waals surface area contributed by atoms with Crippen molar-refractivity contribution < 1.29 is 19.2 Å². The van der Waals surface area contributed by atoms with Crippen LogP contribution < -0.4 is 5.32 Å². The van der Waals surface area contributed by atoms with Crippen molar-refractivity contribution in [1.82, 2.24) is 9.72 Å². The van der Waals surface area contributed by atoms with Crippen LogP contribution in [0.5, 0.6) is 0 Å². The largest absolute Gasteiger partial charge is 0.477 e. The Balaban J connectivity index is 2.03. The van der Waals surface area contributed by atoms with E-state index < -0.39 is 5.97 Å². The molecular weight excluding hydrogens is 226 g/mol. The Morgan fingerprint density at radius 1 is 1.47 bits per heavy atom. The zero-order valence-corrected chi connectivity index (χ0v) is 8.66. The molecule has 0 aromatic carbocycles. The number of carboxylic acid groups (broad SMARTS) is 1. The van der Waals surface area contributed by atoms with E-state index in [1.165, 1.54) is 29.2 Å². The van der Waals surface area contributed by atoms with Crippen LogP contribution in [0.2, 0.25) is 0 Å². The quantitative estimate of drug-likeness (QED) is 0.817. The zero-order valence-electron chi connectivity index (χ0n) is 8.66. The van der Waals surface area contributed by atoms with Gasteiger partial charge in [-0.25, -0.2) is 4.79 Å². The summed E-state index contributed by atoms with van der Waals surface area (Å²) < 4.78 is 5.88. The molecule has 0 saturated carbocycles. The van der Waals surface area contributed by atoms with Crippen molar-refractivity contribution in [3.8, 4) is 0 Å². The van der Waals surface area contributed by atoms with E-state index in [-0.39, 0.29) is 18.1 Å². The number of carboxylic acids is 1. The Hall–Kier alpha value is -2.57. The minimum atomic E-state index is -1.08. The summed E-state index contributed by atoms with van der Waals surface area (Å²) in [7, 11) is 0. The molecular formula is C10H9N3O4. The van der Waals surface area contributed by atoms with Crippen molar-refractivity contribution in [2.75, 3.05) is 5.32 Å². The summed E-state index contributed by atoms with van der Waals surface area (Å²) in [5, 5.41) is 14.8. The number of aromatic carboxylic acids is 1. The Morgan fingerprint density at radius 3 is 2.94 bits per heavy atom. The second-order valence-electron chi connectivity index (χ2n) is 3.26. The van der Waals surface area contributed by atoms with Crippen molar-refractivity contribution in [1.29, 1.82) is 0 Å². The van der Waals surface area contributed by atoms with Gasteiger partial charge in [0, 0.05) is 12.3 Å². The first-order valence-electron chi connectivity index (χ1n) is 4.75. The second-order valence-corrected chi connectivity index (χ2v) is 3.26. The molecule has 0 fully saturated rings. The molecule has 2 rings (SSSR count). The predicted molar refractivity (Wildman–Crippen MR) is 56.5 cm³/mol. The monoisotopic (exact) mass is 235 g/mol. The third kappa shape index (κ3) is 2.51. The molecule has 7 nitrogen and oxygen atoms in total. The number of nitrogens with one attached hydrogen (secondary N) is 1. The summed E-state index contributed by atoms with van der Waals surface area (Å²) in [6.07, 6.45) is 2.85. The van der Waals surface area contributed by atoms with Crippen LogP contribution in [-0.4, -0.2) is 26.7 Å². The Morgan fingerprint density at radius 2 is 2.29 bits per heavy atom. The zero-order chi connectivity index (χ0) is 12.3. The van der Waals surface area contributed by atoms with E-state index in [0.29, 0.717) is 5.82 Å². The molecule has 88 valence electrons. The van der Waals surface area contributed by atoms with Gasteiger partial charge < -0.3 is 19.5 Å². The fraction of sp³-hybridized carbons (Fsp3) is 0.100. The highest BCUT2D eigenvalue weighted by Crippen LogP contribution is 2.04. The van der Waals surface area contributed by atoms with Crippen LogP contribution in [0.4, 0.5) is 5.82 Å². The average molecular weight is 235 g/mol. The number of hydrogen-bond donors (Lipinski definition) is 2. The summed E-state index contributed by atoms with van der Waals surface area (Å²) in [6, 6.07) is 4.48. The van der Waals surface area contributed by atoms with Gasteiger partial charge in [-0.1, -0.05) is 5.16 Å². The molecule has 0 saturated heterocycles. The van der Waals surface area contributed by atoms with Crippen LogP contribution >= 0.6 is 0 Å². The number of anilines is 1. The molecule has 0 aliphatic carbocycles. The first kappa shape index (κ1) is 10.9. The highest BCUT2D eigenvalue weighted by Gasteiger charge is 2.12. The second kappa shape index (κ2) is 4.52. The van der Waals surface area contributed by atoms with Crippen LogP contribution in [0.25, 0.3) is 0 Å². The first-order valence-corrected chi connectivity index (χ1v) is 4.75. The van der Waals surface area contributed by atoms with Gasteiger partial charge in [0.05, 0.1) is 0 Å². The van der Waals surface area contributed by atoms with Crippen LogP contribution in [0.1, 0.15) is 10.5 Å². The van der Waals surface area contributed by atoms with Gasteiger partial charge in [0.1, 0.15) is 18.5 Å². The molecule has 7 heteroatoms. The summed E-state index contributed by atoms with van der Waals surface area (Å²) >= 11 is 0. The van der Waals surface area contributed by atoms with E-state index in [1.54, 1.807) is 6.07 Å². The fourth-order valence-corrected chi connectivity index (χ4v) is 1.36. The number of aromatic nitrogens is 2. The molecule has 0 spiro atoms. The van der Waals surface area contributed by atoms with Crippen molar-refractivity contribution >= 4 is 17.7 Å². The normalized spacial score (nSPS) is 10.1. The van der Waals surface area contributed by atoms with E-state index in [9.17, 15) is 9.59 Å². The topological polar surface area (TPSA) is 97.4 Å². The summed E-state index contributed by atoms with van der Waals surface area (Å²) in [4.78, 5) is 22.3. The van der Waals surface area contributed by atoms with Gasteiger partial charge in [0.2, 0.25) is 5.91 Å². The highest BCUT2D eigenvalue weighted by atomic mass is 16.5. The summed E-state index contributed by atoms with van der Waals surface area (Å²) in [5.74, 6) is -1.17. The maximum Gasteiger partial charge on any atom is 0.352 e. The van der Waals surface area contributed by atoms with Crippen LogP contribution in [-0.2, 0) is 11.3 Å². The van der Waals surface area contributed by atoms with Crippen molar-refractivity contribution in [2.45, 2.75) is 6.54 Å². The molecule has 0 bridgehead atoms. The molecule has 2 aromatic rings. The molecule has 0 radical (unpaired) electrons. The number of nitrogens with zero attached hydrogens (tertiary/aromatic N) is 2. The smallest absolute Gasteiger partial charge is 0.352 e. The maximum atomic E-state index is 11.5. The maximum absolute atomic E-state index is 11.5. The van der Waals surface area contributed by atoms with Gasteiger partial charge in [-0.05, 0) is 12.1 Å². The summed E-state index contributed by atoms with van der Waals surface area (Å²) in [6.45, 7) is -0.0957. The lowest BCUT2D eigenvalue weighted by atomic mass is 10.4. The SMILES string of the molecule is O=C(Cn1cccc1C(=O)O)Nc1ccon1. The molecule has 1 amide bonds. The van der Waals surface area contributed by atoms with E-state index in [0.717, 1.165) is 0 Å². The van der Waals surface area contributed by atoms with E-state index in [4.69, 9.17) is 5.11 Å². The Bertz CT molecular complexity index is 530. The third-order valence-electron chi connectivity index (χ3n) is 2.07. The molecule has 0 aliphatic heterocycles. The van der Waals surface area contributed by atoms with Gasteiger partial charge in [0.25, 0.3) is 0 Å². The molecule has 0 unspecified atom stereocenters. The van der Waals surface area contributed by atoms with Gasteiger partial charge in [-0.2, -0.15) is 0 Å². The number of carbonyl (C=O) groups excluding carboxylic acids is 1. The minimum Gasteiger partial charge on any atom is -0.477 e. The molecule has 0 atom stereocenters. The first-order chi connectivity index (χ1) is 8.16. The number of amides is 1. The Kier molecular flexibility index (Phi) is 2.91. The van der Waals surface area contributed by atoms with E-state index in [2.05, 4.69) is 15.0 Å². The molecule has 17 heavy (non-hydrogen) atoms. The van der Waals surface area contributed by atoms with E-state index in [1.807, 2.05) is 0 Å². The number of hydrogen-bond acceptors (Lipinski definition) is 4. The third-order valence-corrected chi connectivity index (χ3v) is 2.07. The standard InChI is InChI=1S/C10H9N3O4/c14-9(11-8-3-5-17-12-8)6-13-4-1-2-7(13)10(15)16/h1-5H,6H2,(H,15,16)(H,11,12,14). The molecule has 2 heterocycles. The van der Waals surface area contributed by atoms with Gasteiger partial charge in [-0.3, -0.25) is 4.79 Å². The van der Waals surface area contributed by atoms with Gasteiger partial charge in [-0.15, -0.1) is 0 Å². The fourth-order valence-electron chi connectivity index (χ4n) is 1.36. The molecule has 2 aromatic heterocycles. The van der Waals surface area contributed by atoms with Crippen LogP contribution in [0.3, 0.4) is 0 Å². The van der Waals surface area contributed by atoms with E-state index >= 15 is 0 Å². The average Bonchev–Trinajstić information content (AvgIpc) is 2.88. The van der Waals surface area contributed by atoms with Gasteiger partial charge in [0.15, 0.2) is 5.82 Å². The lowest BCUT2D eigenvalue weighted by Crippen LogP contribution is -2.20. The minimum absolute atomic E-state index is 0.0558. The van der Waals surface area contributed by atoms with Crippen molar-refractivity contribution in [2.24, 2.45) is 0 Å². The molecule has 0 aliphatic rings. The van der Waals surface area contributed by atoms with Crippen LogP contribution in [0, 0.1) is 0 Å². The highest BCUT2D eigenvalue weighted by molar-refractivity contribution is 5.91. The predicted octanol–water partition coefficient (Wildman–Crippen LogP) is 0.813. The van der Waals surface area contributed by atoms with Gasteiger partial charge >= 0.3 is 5.97 Å². The Labute approximate surface area is 95.6 Å². The lowest BCUT2D eigenvalue weighted by molar-refractivity contribution is -0.116. The van der Waals surface area contributed by atoms with Crippen molar-refractivity contribution in [3.05, 3.63) is 36.4 Å². The number of carbonyl (C=O) groups is 2. The lowest BCUT2D eigenvalue weighted by Gasteiger charge is -2.05. The van der Waals surface area contributed by atoms with Crippen LogP contribution in [0.15, 0.2) is 35.2 Å². The van der Waals surface area contributed by atoms with Crippen molar-refractivity contribution in [3.63, 3.8) is 0 Å².